The van der Waals surface area contributed by atoms with Gasteiger partial charge in [-0.15, -0.1) is 0 Å². The molecule has 0 aliphatic rings. The number of amides is 2. The van der Waals surface area contributed by atoms with Crippen LogP contribution in [-0.2, 0) is 4.74 Å². The highest BCUT2D eigenvalue weighted by Crippen LogP contribution is 2.26. The number of carbonyl (C=O) groups excluding carboxylic acids is 1. The number of hydrogen-bond acceptors (Lipinski definition) is 4. The first-order valence-corrected chi connectivity index (χ1v) is 7.09. The number of ether oxygens (including phenoxy) is 1. The first kappa shape index (κ1) is 16.0. The standard InChI is InChI=1S/C16H21N3O3/c1-10-5-6-13(19-16(20)18-11(2)8-21-4)7-14(10)15-17-12(3)9-22-15/h5-7,9,11H,8H2,1-4H3,(H2,18,19,20). The Morgan fingerprint density at radius 3 is 2.82 bits per heavy atom. The lowest BCUT2D eigenvalue weighted by Gasteiger charge is -2.14. The number of aromatic nitrogens is 1. The van der Waals surface area contributed by atoms with Crippen molar-refractivity contribution in [2.24, 2.45) is 0 Å². The van der Waals surface area contributed by atoms with E-state index in [-0.39, 0.29) is 12.1 Å². The van der Waals surface area contributed by atoms with Gasteiger partial charge in [0, 0.05) is 18.4 Å². The second-order valence-electron chi connectivity index (χ2n) is 5.28. The SMILES string of the molecule is COCC(C)NC(=O)Nc1ccc(C)c(-c2nc(C)co2)c1. The van der Waals surface area contributed by atoms with E-state index in [2.05, 4.69) is 15.6 Å². The van der Waals surface area contributed by atoms with Crippen molar-refractivity contribution in [3.8, 4) is 11.5 Å². The summed E-state index contributed by atoms with van der Waals surface area (Å²) in [5, 5.41) is 5.59. The van der Waals surface area contributed by atoms with Gasteiger partial charge in [0.15, 0.2) is 0 Å². The molecule has 0 fully saturated rings. The molecule has 6 nitrogen and oxygen atoms in total. The normalized spacial score (nSPS) is 12.0. The maximum atomic E-state index is 11.9. The summed E-state index contributed by atoms with van der Waals surface area (Å²) in [5.74, 6) is 0.548. The molecule has 0 radical (unpaired) electrons. The molecule has 1 heterocycles. The number of anilines is 1. The van der Waals surface area contributed by atoms with Gasteiger partial charge in [0.2, 0.25) is 5.89 Å². The fraction of sp³-hybridized carbons (Fsp3) is 0.375. The Hall–Kier alpha value is -2.34. The summed E-state index contributed by atoms with van der Waals surface area (Å²) >= 11 is 0. The molecular weight excluding hydrogens is 282 g/mol. The quantitative estimate of drug-likeness (QED) is 0.889. The number of aryl methyl sites for hydroxylation is 2. The van der Waals surface area contributed by atoms with Crippen LogP contribution in [0.4, 0.5) is 10.5 Å². The molecule has 2 rings (SSSR count). The van der Waals surface area contributed by atoms with Crippen molar-refractivity contribution in [2.45, 2.75) is 26.8 Å². The molecule has 0 saturated carbocycles. The lowest BCUT2D eigenvalue weighted by atomic mass is 10.1. The molecule has 1 unspecified atom stereocenters. The summed E-state index contributed by atoms with van der Waals surface area (Å²) in [5.41, 5.74) is 3.38. The van der Waals surface area contributed by atoms with Crippen LogP contribution in [-0.4, -0.2) is 30.8 Å². The zero-order chi connectivity index (χ0) is 16.1. The Labute approximate surface area is 129 Å². The molecule has 1 aromatic heterocycles. The van der Waals surface area contributed by atoms with Crippen molar-refractivity contribution >= 4 is 11.7 Å². The zero-order valence-corrected chi connectivity index (χ0v) is 13.3. The average molecular weight is 303 g/mol. The molecule has 2 N–H and O–H groups in total. The third-order valence-corrected chi connectivity index (χ3v) is 3.14. The molecule has 118 valence electrons. The highest BCUT2D eigenvalue weighted by molar-refractivity contribution is 5.90. The van der Waals surface area contributed by atoms with E-state index in [0.29, 0.717) is 18.2 Å². The number of rotatable bonds is 5. The Morgan fingerprint density at radius 2 is 2.18 bits per heavy atom. The van der Waals surface area contributed by atoms with E-state index in [1.54, 1.807) is 13.4 Å². The van der Waals surface area contributed by atoms with E-state index < -0.39 is 0 Å². The number of methoxy groups -OCH3 is 1. The van der Waals surface area contributed by atoms with Gasteiger partial charge < -0.3 is 19.8 Å². The number of benzene rings is 1. The summed E-state index contributed by atoms with van der Waals surface area (Å²) in [4.78, 5) is 16.2. The molecular formula is C16H21N3O3. The largest absolute Gasteiger partial charge is 0.444 e. The minimum Gasteiger partial charge on any atom is -0.444 e. The summed E-state index contributed by atoms with van der Waals surface area (Å²) in [6.07, 6.45) is 1.61. The predicted molar refractivity (Wildman–Crippen MR) is 84.9 cm³/mol. The second kappa shape index (κ2) is 7.09. The van der Waals surface area contributed by atoms with Crippen molar-refractivity contribution in [3.63, 3.8) is 0 Å². The van der Waals surface area contributed by atoms with Gasteiger partial charge in [0.1, 0.15) is 6.26 Å². The smallest absolute Gasteiger partial charge is 0.319 e. The van der Waals surface area contributed by atoms with Crippen molar-refractivity contribution in [3.05, 3.63) is 35.7 Å². The molecule has 2 aromatic rings. The molecule has 2 amide bonds. The number of oxazole rings is 1. The highest BCUT2D eigenvalue weighted by atomic mass is 16.5. The molecule has 1 aromatic carbocycles. The second-order valence-corrected chi connectivity index (χ2v) is 5.28. The number of nitrogens with zero attached hydrogens (tertiary/aromatic N) is 1. The summed E-state index contributed by atoms with van der Waals surface area (Å²) in [6, 6.07) is 5.27. The number of urea groups is 1. The van der Waals surface area contributed by atoms with Gasteiger partial charge in [-0.1, -0.05) is 6.07 Å². The van der Waals surface area contributed by atoms with Crippen LogP contribution in [0.15, 0.2) is 28.9 Å². The van der Waals surface area contributed by atoms with E-state index in [4.69, 9.17) is 9.15 Å². The van der Waals surface area contributed by atoms with Gasteiger partial charge in [-0.05, 0) is 38.5 Å². The minimum absolute atomic E-state index is 0.0655. The maximum Gasteiger partial charge on any atom is 0.319 e. The number of carbonyl (C=O) groups is 1. The van der Waals surface area contributed by atoms with Crippen LogP contribution in [0.5, 0.6) is 0 Å². The van der Waals surface area contributed by atoms with Gasteiger partial charge in [-0.25, -0.2) is 9.78 Å². The van der Waals surface area contributed by atoms with Gasteiger partial charge in [-0.2, -0.15) is 0 Å². The monoisotopic (exact) mass is 303 g/mol. The van der Waals surface area contributed by atoms with E-state index in [9.17, 15) is 4.79 Å². The Bertz CT molecular complexity index is 652. The summed E-state index contributed by atoms with van der Waals surface area (Å²) < 4.78 is 10.4. The Kier molecular flexibility index (Phi) is 5.16. The van der Waals surface area contributed by atoms with Crippen LogP contribution in [0.3, 0.4) is 0 Å². The fourth-order valence-electron chi connectivity index (χ4n) is 2.09. The van der Waals surface area contributed by atoms with E-state index in [0.717, 1.165) is 16.8 Å². The van der Waals surface area contributed by atoms with Gasteiger partial charge in [0.25, 0.3) is 0 Å². The molecule has 0 bridgehead atoms. The number of nitrogens with one attached hydrogen (secondary N) is 2. The molecule has 6 heteroatoms. The molecule has 0 aliphatic carbocycles. The molecule has 0 aliphatic heterocycles. The first-order valence-electron chi connectivity index (χ1n) is 7.09. The highest BCUT2D eigenvalue weighted by Gasteiger charge is 2.11. The van der Waals surface area contributed by atoms with Crippen LogP contribution in [0, 0.1) is 13.8 Å². The predicted octanol–water partition coefficient (Wildman–Crippen LogP) is 3.11. The lowest BCUT2D eigenvalue weighted by molar-refractivity contribution is 0.173. The average Bonchev–Trinajstić information content (AvgIpc) is 2.87. The van der Waals surface area contributed by atoms with Gasteiger partial charge in [0.05, 0.1) is 18.3 Å². The summed E-state index contributed by atoms with van der Waals surface area (Å²) in [7, 11) is 1.60. The van der Waals surface area contributed by atoms with Crippen LogP contribution >= 0.6 is 0 Å². The molecule has 0 saturated heterocycles. The van der Waals surface area contributed by atoms with Crippen LogP contribution in [0.2, 0.25) is 0 Å². The van der Waals surface area contributed by atoms with Crippen molar-refractivity contribution in [1.82, 2.24) is 10.3 Å². The van der Waals surface area contributed by atoms with E-state index in [1.807, 2.05) is 39.0 Å². The van der Waals surface area contributed by atoms with Crippen molar-refractivity contribution < 1.29 is 13.9 Å². The lowest BCUT2D eigenvalue weighted by Crippen LogP contribution is -2.38. The fourth-order valence-corrected chi connectivity index (χ4v) is 2.09. The van der Waals surface area contributed by atoms with Crippen molar-refractivity contribution in [1.29, 1.82) is 0 Å². The van der Waals surface area contributed by atoms with Crippen LogP contribution in [0.25, 0.3) is 11.5 Å². The van der Waals surface area contributed by atoms with Crippen LogP contribution < -0.4 is 10.6 Å². The van der Waals surface area contributed by atoms with E-state index >= 15 is 0 Å². The minimum atomic E-state index is -0.275. The Balaban J connectivity index is 2.11. The summed E-state index contributed by atoms with van der Waals surface area (Å²) in [6.45, 7) is 6.18. The third-order valence-electron chi connectivity index (χ3n) is 3.14. The maximum absolute atomic E-state index is 11.9. The van der Waals surface area contributed by atoms with E-state index in [1.165, 1.54) is 0 Å². The number of hydrogen-bond donors (Lipinski definition) is 2. The zero-order valence-electron chi connectivity index (χ0n) is 13.3. The topological polar surface area (TPSA) is 76.4 Å². The molecule has 1 atom stereocenters. The van der Waals surface area contributed by atoms with Gasteiger partial charge in [-0.3, -0.25) is 0 Å². The van der Waals surface area contributed by atoms with Crippen molar-refractivity contribution in [2.75, 3.05) is 19.0 Å². The third kappa shape index (κ3) is 4.08. The van der Waals surface area contributed by atoms with Gasteiger partial charge >= 0.3 is 6.03 Å². The molecule has 22 heavy (non-hydrogen) atoms. The Morgan fingerprint density at radius 1 is 1.41 bits per heavy atom. The van der Waals surface area contributed by atoms with Crippen LogP contribution in [0.1, 0.15) is 18.2 Å². The molecule has 0 spiro atoms. The first-order chi connectivity index (χ1) is 10.5.